The molecule has 3 aliphatic carbocycles. The lowest BCUT2D eigenvalue weighted by Crippen LogP contribution is -2.49. The summed E-state index contributed by atoms with van der Waals surface area (Å²) >= 11 is 1.41. The summed E-state index contributed by atoms with van der Waals surface area (Å²) in [7, 11) is -3.37. The number of hydrogen-bond acceptors (Lipinski definition) is 6. The van der Waals surface area contributed by atoms with Crippen molar-refractivity contribution >= 4 is 34.2 Å². The number of nitrogens with zero attached hydrogens (tertiary/aromatic N) is 1. The van der Waals surface area contributed by atoms with Gasteiger partial charge < -0.3 is 9.47 Å². The molecule has 252 valence electrons. The van der Waals surface area contributed by atoms with Gasteiger partial charge in [-0.2, -0.15) is 0 Å². The molecule has 5 rings (SSSR count). The van der Waals surface area contributed by atoms with Crippen molar-refractivity contribution in [3.63, 3.8) is 0 Å². The molecule has 44 heavy (non-hydrogen) atoms. The minimum absolute atomic E-state index is 0.195. The molecule has 0 N–H and O–H groups in total. The highest BCUT2D eigenvalue weighted by Gasteiger charge is 2.56. The van der Waals surface area contributed by atoms with Gasteiger partial charge in [0.05, 0.1) is 51.3 Å². The molecule has 2 heterocycles. The van der Waals surface area contributed by atoms with E-state index in [9.17, 15) is 13.2 Å². The maximum atomic E-state index is 12.5. The van der Waals surface area contributed by atoms with Crippen molar-refractivity contribution < 1.29 is 22.7 Å². The van der Waals surface area contributed by atoms with Crippen molar-refractivity contribution in [1.82, 2.24) is 4.90 Å². The Labute approximate surface area is 280 Å². The predicted octanol–water partition coefficient (Wildman–Crippen LogP) is 8.32. The van der Waals surface area contributed by atoms with Crippen molar-refractivity contribution in [3.8, 4) is 0 Å². The van der Waals surface area contributed by atoms with Gasteiger partial charge in [0.25, 0.3) is 0 Å². The third-order valence-electron chi connectivity index (χ3n) is 12.5. The van der Waals surface area contributed by atoms with Gasteiger partial charge in [-0.25, -0.2) is 13.2 Å². The number of carbonyl (C=O) groups excluding carboxylic acids is 1. The third-order valence-corrected chi connectivity index (χ3v) is 14.1. The van der Waals surface area contributed by atoms with Crippen LogP contribution >= 0.6 is 21.2 Å². The van der Waals surface area contributed by atoms with Crippen molar-refractivity contribution in [1.29, 1.82) is 0 Å². The number of esters is 1. The Morgan fingerprint density at radius 2 is 1.39 bits per heavy atom. The Balaban J connectivity index is 1.23. The van der Waals surface area contributed by atoms with Crippen molar-refractivity contribution in [2.75, 3.05) is 12.4 Å². The van der Waals surface area contributed by atoms with Crippen LogP contribution in [0.3, 0.4) is 0 Å². The predicted molar refractivity (Wildman–Crippen MR) is 186 cm³/mol. The molecule has 2 saturated heterocycles. The van der Waals surface area contributed by atoms with E-state index in [1.165, 1.54) is 85.4 Å². The number of carbonyl (C=O) groups is 1. The van der Waals surface area contributed by atoms with Crippen molar-refractivity contribution in [3.05, 3.63) is 11.6 Å². The molecular weight excluding hydrogens is 685 g/mol. The normalized spacial score (nSPS) is 39.1. The number of rotatable bonds is 7. The monoisotopic (exact) mass is 745 g/mol. The fraction of sp³-hybridized carbons (Fsp3) is 0.917. The van der Waals surface area contributed by atoms with Crippen LogP contribution in [0.15, 0.2) is 11.6 Å². The van der Waals surface area contributed by atoms with E-state index in [1.807, 2.05) is 0 Å². The van der Waals surface area contributed by atoms with Crippen LogP contribution in [0.1, 0.15) is 126 Å². The molecule has 8 unspecified atom stereocenters. The first-order chi connectivity index (χ1) is 20.5. The summed E-state index contributed by atoms with van der Waals surface area (Å²) in [4.78, 5) is 15.6. The van der Waals surface area contributed by atoms with Crippen LogP contribution in [-0.2, 0) is 21.3 Å². The number of fused-ring (bicyclic) bond motifs is 3. The van der Waals surface area contributed by atoms with E-state index in [1.54, 1.807) is 13.0 Å². The molecule has 0 amide bonds. The van der Waals surface area contributed by atoms with E-state index in [4.69, 9.17) is 9.47 Å². The summed E-state index contributed by atoms with van der Waals surface area (Å²) in [5.41, 5.74) is 1.01. The van der Waals surface area contributed by atoms with Gasteiger partial charge in [-0.3, -0.25) is 4.90 Å². The maximum Gasteiger partial charge on any atom is 0.334 e. The van der Waals surface area contributed by atoms with E-state index in [0.717, 1.165) is 48.6 Å². The largest absolute Gasteiger partial charge is 0.463 e. The summed E-state index contributed by atoms with van der Waals surface area (Å²) in [6, 6.07) is 2.25. The van der Waals surface area contributed by atoms with Gasteiger partial charge in [0, 0.05) is 18.1 Å². The highest BCUT2D eigenvalue weighted by Crippen LogP contribution is 2.57. The average molecular weight is 746 g/mol. The fourth-order valence-corrected chi connectivity index (χ4v) is 11.7. The van der Waals surface area contributed by atoms with Crippen molar-refractivity contribution in [2.45, 2.75) is 156 Å². The Hall–Kier alpha value is -0.190. The molecule has 8 heteroatoms. The van der Waals surface area contributed by atoms with Gasteiger partial charge in [-0.1, -0.05) is 41.5 Å². The molecule has 5 aliphatic rings. The molecule has 0 radical (unpaired) electrons. The first-order valence-electron chi connectivity index (χ1n) is 17.8. The molecular formula is C36H60INO5S. The van der Waals surface area contributed by atoms with E-state index in [2.05, 4.69) is 46.4 Å². The molecule has 3 saturated carbocycles. The van der Waals surface area contributed by atoms with Gasteiger partial charge in [0.15, 0.2) is 0 Å². The van der Waals surface area contributed by atoms with E-state index in [-0.39, 0.29) is 30.1 Å². The molecule has 2 aliphatic heterocycles. The number of ether oxygens (including phenoxy) is 2. The minimum Gasteiger partial charge on any atom is -0.463 e. The first kappa shape index (κ1) is 35.1. The first-order valence-corrected chi connectivity index (χ1v) is 22.0. The van der Waals surface area contributed by atoms with E-state index >= 15 is 0 Å². The van der Waals surface area contributed by atoms with Crippen LogP contribution in [0.2, 0.25) is 0 Å². The number of likely N-dealkylation sites (tertiary alicyclic amines) is 1. The Morgan fingerprint density at radius 1 is 0.841 bits per heavy atom. The van der Waals surface area contributed by atoms with Gasteiger partial charge >= 0.3 is 5.97 Å². The molecule has 0 aromatic carbocycles. The highest BCUT2D eigenvalue weighted by atomic mass is 127. The zero-order chi connectivity index (χ0) is 32.0. The summed E-state index contributed by atoms with van der Waals surface area (Å²) in [6.07, 6.45) is 16.9. The van der Waals surface area contributed by atoms with E-state index in [0.29, 0.717) is 22.8 Å². The molecule has 0 aromatic heterocycles. The summed E-state index contributed by atoms with van der Waals surface area (Å²) in [6.45, 7) is 16.8. The molecule has 0 aromatic rings. The lowest BCUT2D eigenvalue weighted by atomic mass is 9.61. The highest BCUT2D eigenvalue weighted by molar-refractivity contribution is 14.2. The number of hydrogen-bond donors (Lipinski definition) is 0. The molecule has 0 spiro atoms. The second kappa shape index (κ2) is 13.7. The standard InChI is InChI=1S/C36H60INO5S/c1-8-42-34(39)24(22-44(37,40)41)19-28-15-18-33(43-28)23-9-13-27(14-10-23)38-31-16-11-25(35(2,3)4)20-29(31)30-21-26(36(5,6)7)12-17-32(30)38/h19,23,25-33H,8-18,20-22H2,1-7H3/b24-19+. The lowest BCUT2D eigenvalue weighted by Gasteiger charge is -2.46. The smallest absolute Gasteiger partial charge is 0.334 e. The van der Waals surface area contributed by atoms with Crippen LogP contribution in [0.5, 0.6) is 0 Å². The topological polar surface area (TPSA) is 72.9 Å². The van der Waals surface area contributed by atoms with Gasteiger partial charge in [-0.05, 0) is 130 Å². The van der Waals surface area contributed by atoms with Crippen LogP contribution < -0.4 is 0 Å². The van der Waals surface area contributed by atoms with Crippen LogP contribution in [0.25, 0.3) is 0 Å². The van der Waals surface area contributed by atoms with Crippen LogP contribution in [0, 0.1) is 40.4 Å². The maximum absolute atomic E-state index is 12.5. The molecule has 8 atom stereocenters. The van der Waals surface area contributed by atoms with Crippen molar-refractivity contribution in [2.24, 2.45) is 40.4 Å². The molecule has 0 bridgehead atoms. The average Bonchev–Trinajstić information content (AvgIpc) is 3.53. The molecule has 5 fully saturated rings. The van der Waals surface area contributed by atoms with Gasteiger partial charge in [-0.15, -0.1) is 0 Å². The third kappa shape index (κ3) is 8.08. The SMILES string of the molecule is CCOC(=O)/C(=C/C1CCC(C2CCC(N3C4CCC(C(C)(C)C)CC4C4CC(C(C)(C)C)CCC43)CC2)O1)CS(=O)(=O)I. The second-order valence-electron chi connectivity index (χ2n) is 17.1. The number of halogens is 1. The Morgan fingerprint density at radius 3 is 1.86 bits per heavy atom. The zero-order valence-corrected chi connectivity index (χ0v) is 31.5. The van der Waals surface area contributed by atoms with Gasteiger partial charge in [0.1, 0.15) is 0 Å². The van der Waals surface area contributed by atoms with Crippen LogP contribution in [0.4, 0.5) is 0 Å². The summed E-state index contributed by atoms with van der Waals surface area (Å²) in [5.74, 6) is 3.12. The van der Waals surface area contributed by atoms with Gasteiger partial charge in [0.2, 0.25) is 7.01 Å². The lowest BCUT2D eigenvalue weighted by molar-refractivity contribution is -0.138. The molecule has 6 nitrogen and oxygen atoms in total. The Bertz CT molecular complexity index is 1110. The summed E-state index contributed by atoms with van der Waals surface area (Å²) < 4.78 is 35.6. The quantitative estimate of drug-likeness (QED) is 0.113. The van der Waals surface area contributed by atoms with E-state index < -0.39 is 13.0 Å². The Kier molecular flexibility index (Phi) is 11.0. The summed E-state index contributed by atoms with van der Waals surface area (Å²) in [5, 5.41) is 0. The van der Waals surface area contributed by atoms with Crippen LogP contribution in [-0.4, -0.2) is 62.0 Å². The zero-order valence-electron chi connectivity index (χ0n) is 28.5. The minimum atomic E-state index is -3.37. The second-order valence-corrected chi connectivity index (χ2v) is 22.5. The fourth-order valence-electron chi connectivity index (χ4n) is 10.1.